The van der Waals surface area contributed by atoms with Gasteiger partial charge in [0, 0.05) is 71.6 Å². The summed E-state index contributed by atoms with van der Waals surface area (Å²) in [6.07, 6.45) is -9.13. The molecule has 0 spiro atoms. The zero-order chi connectivity index (χ0) is 63.2. The number of hydrogen-bond donors (Lipinski definition) is 4. The van der Waals surface area contributed by atoms with Gasteiger partial charge in [-0.3, -0.25) is 9.59 Å². The van der Waals surface area contributed by atoms with E-state index in [0.29, 0.717) is 31.5 Å². The van der Waals surface area contributed by atoms with Crippen molar-refractivity contribution in [1.82, 2.24) is 61.2 Å². The van der Waals surface area contributed by atoms with Gasteiger partial charge in [0.1, 0.15) is 33.7 Å². The van der Waals surface area contributed by atoms with Gasteiger partial charge in [-0.15, -0.1) is 72.2 Å². The van der Waals surface area contributed by atoms with E-state index in [4.69, 9.17) is 15.2 Å². The predicted octanol–water partition coefficient (Wildman–Crippen LogP) is 8.36. The molecule has 9 heterocycles. The highest BCUT2D eigenvalue weighted by atomic mass is 32.1. The zero-order valence-electron chi connectivity index (χ0n) is 48.5. The molecule has 0 bridgehead atoms. The number of nitrogens with zero attached hydrogens (tertiary/aromatic N) is 15. The number of aryl methyl sites for hydroxylation is 3. The fraction of sp³-hybridized carbons (Fsp3) is 0.418. The Morgan fingerprint density at radius 3 is 1.19 bits per heavy atom. The van der Waals surface area contributed by atoms with E-state index in [1.165, 1.54) is 72.5 Å². The quantitative estimate of drug-likeness (QED) is 0.0491. The van der Waals surface area contributed by atoms with Gasteiger partial charge in [-0.2, -0.15) is 15.3 Å². The number of hydrogen-bond acceptors (Lipinski definition) is 28. The third kappa shape index (κ3) is 19.2. The van der Waals surface area contributed by atoms with Crippen LogP contribution in [0.2, 0.25) is 0 Å². The molecule has 25 nitrogen and oxygen atoms in total. The topological polar surface area (TPSA) is 298 Å². The molecule has 3 fully saturated rings. The Morgan fingerprint density at radius 1 is 0.517 bits per heavy atom. The maximum absolute atomic E-state index is 12.8. The van der Waals surface area contributed by atoms with E-state index in [-0.39, 0.29) is 47.6 Å². The zero-order valence-corrected chi connectivity index (χ0v) is 50.9. The van der Waals surface area contributed by atoms with Crippen molar-refractivity contribution in [2.45, 2.75) is 95.9 Å². The lowest BCUT2D eigenvalue weighted by molar-refractivity contribution is -0.275. The van der Waals surface area contributed by atoms with Gasteiger partial charge in [-0.25, -0.2) is 0 Å². The number of anilines is 7. The number of Topliss-reactive ketones (excluding diaryl/α,β-unsaturated/α-hetero) is 2. The fourth-order valence-corrected chi connectivity index (χ4v) is 11.9. The van der Waals surface area contributed by atoms with Crippen molar-refractivity contribution in [1.29, 1.82) is 0 Å². The lowest BCUT2D eigenvalue weighted by Crippen LogP contribution is -2.26. The Morgan fingerprint density at radius 2 is 0.876 bits per heavy atom. The molecule has 5 atom stereocenters. The van der Waals surface area contributed by atoms with Crippen molar-refractivity contribution in [3.05, 3.63) is 123 Å². The first kappa shape index (κ1) is 64.9. The van der Waals surface area contributed by atoms with Crippen molar-refractivity contribution >= 4 is 83.6 Å². The lowest BCUT2D eigenvalue weighted by Gasteiger charge is -2.17. The Balaban J connectivity index is 0.000000166. The average molecular weight is 1290 g/mol. The lowest BCUT2D eigenvalue weighted by atomic mass is 10.0. The van der Waals surface area contributed by atoms with Crippen molar-refractivity contribution in [2.24, 2.45) is 0 Å². The Labute approximate surface area is 517 Å². The maximum atomic E-state index is 12.8. The molecule has 6 aromatic heterocycles. The molecule has 3 aliphatic heterocycles. The van der Waals surface area contributed by atoms with Crippen LogP contribution in [-0.4, -0.2) is 157 Å². The van der Waals surface area contributed by atoms with Crippen molar-refractivity contribution < 1.29 is 54.9 Å². The number of nitrogens with one attached hydrogen (secondary N) is 3. The molecule has 0 radical (unpaired) electrons. The summed E-state index contributed by atoms with van der Waals surface area (Å²) in [6.45, 7) is 10.7. The summed E-state index contributed by atoms with van der Waals surface area (Å²) in [5.74, 6) is 1.00. The number of benzene rings is 2. The van der Waals surface area contributed by atoms with Crippen LogP contribution >= 0.6 is 34.0 Å². The molecular weight excluding hydrogens is 1230 g/mol. The average Bonchev–Trinajstić information content (AvgIpc) is 4.09. The summed E-state index contributed by atoms with van der Waals surface area (Å²) in [7, 11) is 2.63. The van der Waals surface area contributed by atoms with E-state index in [0.717, 1.165) is 122 Å². The van der Waals surface area contributed by atoms with E-state index in [2.05, 4.69) is 101 Å². The van der Waals surface area contributed by atoms with E-state index >= 15 is 0 Å². The highest BCUT2D eigenvalue weighted by Crippen LogP contribution is 2.32. The maximum Gasteiger partial charge on any atom is 0.573 e. The van der Waals surface area contributed by atoms with Crippen molar-refractivity contribution in [2.75, 3.05) is 89.9 Å². The third-order valence-electron chi connectivity index (χ3n) is 13.7. The molecule has 11 rings (SSSR count). The number of alkyl halides is 6. The minimum atomic E-state index is -4.83. The van der Waals surface area contributed by atoms with Crippen LogP contribution in [0.5, 0.6) is 11.5 Å². The molecule has 34 heteroatoms. The van der Waals surface area contributed by atoms with Gasteiger partial charge in [0.25, 0.3) is 0 Å². The summed E-state index contributed by atoms with van der Waals surface area (Å²) >= 11 is 3.87. The number of nitrogen functional groups attached to an aromatic ring is 1. The van der Waals surface area contributed by atoms with E-state index < -0.39 is 36.4 Å². The van der Waals surface area contributed by atoms with Crippen LogP contribution in [0.4, 0.5) is 64.3 Å². The summed E-state index contributed by atoms with van der Waals surface area (Å²) in [5, 5.41) is 62.5. The number of carbonyl (C=O) groups excluding carboxylic acids is 2. The Hall–Kier alpha value is -8.60. The molecule has 5 N–H and O–H groups in total. The molecular formula is C55H61F6N19O6S3. The Kier molecular flexibility index (Phi) is 21.6. The predicted molar refractivity (Wildman–Crippen MR) is 320 cm³/mol. The minimum Gasteiger partial charge on any atom is -0.406 e. The van der Waals surface area contributed by atoms with Gasteiger partial charge in [-0.1, -0.05) is 58.3 Å². The van der Waals surface area contributed by atoms with Gasteiger partial charge < -0.3 is 55.3 Å². The third-order valence-corrected chi connectivity index (χ3v) is 16.1. The molecule has 0 unspecified atom stereocenters. The molecule has 0 amide bonds. The molecule has 2 aromatic carbocycles. The van der Waals surface area contributed by atoms with Crippen LogP contribution in [0.25, 0.3) is 0 Å². The van der Waals surface area contributed by atoms with Crippen molar-refractivity contribution in [3.63, 3.8) is 0 Å². The van der Waals surface area contributed by atoms with Gasteiger partial charge in [0.15, 0.2) is 29.0 Å². The normalized spacial score (nSPS) is 17.2. The number of nitrogens with two attached hydrogens (primary N) is 1. The number of ether oxygens (including phenoxy) is 4. The summed E-state index contributed by atoms with van der Waals surface area (Å²) < 4.78 is 93.6. The van der Waals surface area contributed by atoms with Crippen LogP contribution in [0.15, 0.2) is 84.9 Å². The van der Waals surface area contributed by atoms with Gasteiger partial charge >= 0.3 is 12.7 Å². The number of halogens is 6. The highest BCUT2D eigenvalue weighted by molar-refractivity contribution is 7.18. The second kappa shape index (κ2) is 29.6. The minimum absolute atomic E-state index is 0.0715. The molecule has 89 heavy (non-hydrogen) atoms. The first-order valence-electron chi connectivity index (χ1n) is 27.6. The summed E-state index contributed by atoms with van der Waals surface area (Å²) in [4.78, 5) is 32.1. The van der Waals surface area contributed by atoms with Crippen LogP contribution < -0.4 is 45.9 Å². The molecule has 8 aromatic rings. The smallest absolute Gasteiger partial charge is 0.406 e. The van der Waals surface area contributed by atoms with Gasteiger partial charge in [-0.05, 0) is 112 Å². The monoisotopic (exact) mass is 1290 g/mol. The van der Waals surface area contributed by atoms with Gasteiger partial charge in [0.2, 0.25) is 20.5 Å². The van der Waals surface area contributed by atoms with Crippen LogP contribution in [0.3, 0.4) is 0 Å². The van der Waals surface area contributed by atoms with E-state index in [9.17, 15) is 35.9 Å². The van der Waals surface area contributed by atoms with Crippen LogP contribution in [-0.2, 0) is 31.9 Å². The molecule has 472 valence electrons. The number of ketones is 2. The SMILES string of the molecule is CO[C@@H](C(=O)Cc1nnc(N[C@@H]2CCN(c3ccc(C)nn3)C2)s1)c1cccc(OC(F)(F)F)c1.CO[C@H](C(=O)Cc1nnc(N[C@@H]2CCN(c3ccc(C)nn3)C2)s1)c1cccc(OC(F)(F)F)c1.Cc1ccc(N2CC[C@@H](Nc3nnc(N)s3)C2)nn1. The van der Waals surface area contributed by atoms with Crippen LogP contribution in [0, 0.1) is 20.8 Å². The second-order valence-corrected chi connectivity index (χ2v) is 23.7. The molecule has 0 saturated carbocycles. The second-order valence-electron chi connectivity index (χ2n) is 20.5. The highest BCUT2D eigenvalue weighted by Gasteiger charge is 2.34. The van der Waals surface area contributed by atoms with Crippen molar-refractivity contribution in [3.8, 4) is 11.5 Å². The number of carbonyl (C=O) groups is 2. The molecule has 3 saturated heterocycles. The number of methoxy groups -OCH3 is 2. The summed E-state index contributed by atoms with van der Waals surface area (Å²) in [5.41, 5.74) is 8.72. The Bertz CT molecular complexity index is 3410. The van der Waals surface area contributed by atoms with E-state index in [1.54, 1.807) is 0 Å². The largest absolute Gasteiger partial charge is 0.573 e. The number of rotatable bonds is 21. The summed E-state index contributed by atoms with van der Waals surface area (Å²) in [6, 6.07) is 22.7. The molecule has 3 aliphatic rings. The van der Waals surface area contributed by atoms with Crippen LogP contribution in [0.1, 0.15) is 69.7 Å². The standard InChI is InChI=1S/2C22H23F3N6O3S.C11H15N7S/c2*1-13-6-7-18(28-27-13)31-9-8-15(12-31)26-21-30-29-19(35-21)11-17(32)20(33-2)14-4-3-5-16(10-14)34-22(23,24)25;1-7-2-3-9(15-14-7)18-5-4-8(6-18)13-11-17-16-10(12)19-11/h2*3-7,10,15,20H,8-9,11-12H2,1-2H3,(H,26,30);2-3,8H,4-6H2,1H3,(H2,12,16)(H,13,17)/t15-,20+;15-,20-;8-/m111/s1. The molecule has 0 aliphatic carbocycles. The number of aromatic nitrogens is 12. The van der Waals surface area contributed by atoms with Gasteiger partial charge in [0.05, 0.1) is 29.9 Å². The first-order chi connectivity index (χ1) is 42.6. The fourth-order valence-electron chi connectivity index (χ4n) is 9.66. The first-order valence-corrected chi connectivity index (χ1v) is 30.1. The van der Waals surface area contributed by atoms with E-state index in [1.807, 2.05) is 57.2 Å².